The van der Waals surface area contributed by atoms with E-state index in [4.69, 9.17) is 0 Å². The first-order valence-electron chi connectivity index (χ1n) is 8.97. The van der Waals surface area contributed by atoms with E-state index >= 15 is 0 Å². The quantitative estimate of drug-likeness (QED) is 0.936. The third-order valence-electron chi connectivity index (χ3n) is 5.60. The second-order valence-electron chi connectivity index (χ2n) is 7.11. The molecule has 130 valence electrons. The molecule has 1 aliphatic heterocycles. The van der Waals surface area contributed by atoms with Gasteiger partial charge in [-0.05, 0) is 30.9 Å². The van der Waals surface area contributed by atoms with E-state index in [9.17, 15) is 4.79 Å². The Hall–Kier alpha value is -2.56. The summed E-state index contributed by atoms with van der Waals surface area (Å²) >= 11 is 0. The zero-order chi connectivity index (χ0) is 17.3. The number of carbonyl (C=O) groups is 1. The van der Waals surface area contributed by atoms with Crippen LogP contribution >= 0.6 is 0 Å². The number of hydrogen-bond donors (Lipinski definition) is 1. The molecule has 2 heterocycles. The van der Waals surface area contributed by atoms with Gasteiger partial charge in [0.15, 0.2) is 0 Å². The van der Waals surface area contributed by atoms with E-state index in [0.29, 0.717) is 6.54 Å². The molecule has 1 aromatic carbocycles. The van der Waals surface area contributed by atoms with E-state index in [0.717, 1.165) is 25.9 Å². The van der Waals surface area contributed by atoms with Gasteiger partial charge in [0, 0.05) is 43.5 Å². The van der Waals surface area contributed by atoms with Crippen LogP contribution in [0.5, 0.6) is 0 Å². The van der Waals surface area contributed by atoms with Crippen LogP contribution in [0.4, 0.5) is 4.79 Å². The molecule has 1 aliphatic carbocycles. The Morgan fingerprint density at radius 1 is 1.32 bits per heavy atom. The molecular formula is C20H24N4O. The molecule has 1 unspecified atom stereocenters. The predicted octanol–water partition coefficient (Wildman–Crippen LogP) is 3.21. The monoisotopic (exact) mass is 336 g/mol. The third kappa shape index (κ3) is 2.95. The fourth-order valence-corrected chi connectivity index (χ4v) is 3.96. The summed E-state index contributed by atoms with van der Waals surface area (Å²) < 4.78 is 2.01. The van der Waals surface area contributed by atoms with E-state index in [-0.39, 0.29) is 17.5 Å². The highest BCUT2D eigenvalue weighted by Crippen LogP contribution is 2.43. The normalized spacial score (nSPS) is 19.0. The number of imidazole rings is 1. The zero-order valence-electron chi connectivity index (χ0n) is 14.6. The minimum absolute atomic E-state index is 0.0390. The van der Waals surface area contributed by atoms with Gasteiger partial charge < -0.3 is 14.8 Å². The lowest BCUT2D eigenvalue weighted by molar-refractivity contribution is 0.169. The van der Waals surface area contributed by atoms with Crippen LogP contribution in [-0.2, 0) is 5.41 Å². The number of allylic oxidation sites excluding steroid dienone is 1. The van der Waals surface area contributed by atoms with Crippen molar-refractivity contribution in [2.24, 2.45) is 0 Å². The first kappa shape index (κ1) is 15.9. The van der Waals surface area contributed by atoms with E-state index in [1.165, 1.54) is 11.1 Å². The molecule has 2 aromatic rings. The summed E-state index contributed by atoms with van der Waals surface area (Å²) in [5.74, 6) is 0. The van der Waals surface area contributed by atoms with Crippen molar-refractivity contribution in [2.45, 2.75) is 31.2 Å². The number of fused-ring (bicyclic) bond motifs is 2. The fraction of sp³-hybridized carbons (Fsp3) is 0.400. The van der Waals surface area contributed by atoms with Crippen molar-refractivity contribution in [1.29, 1.82) is 0 Å². The molecule has 1 fully saturated rings. The molecule has 1 aromatic heterocycles. The van der Waals surface area contributed by atoms with Crippen LogP contribution in [0.15, 0.2) is 49.1 Å². The molecule has 1 N–H and O–H groups in total. The summed E-state index contributed by atoms with van der Waals surface area (Å²) in [4.78, 5) is 18.5. The maximum Gasteiger partial charge on any atom is 0.317 e. The number of nitrogens with one attached hydrogen (secondary N) is 1. The molecule has 0 bridgehead atoms. The largest absolute Gasteiger partial charge is 0.336 e. The van der Waals surface area contributed by atoms with Crippen molar-refractivity contribution in [3.05, 3.63) is 60.2 Å². The minimum Gasteiger partial charge on any atom is -0.336 e. The van der Waals surface area contributed by atoms with Crippen LogP contribution < -0.4 is 5.32 Å². The SMILES string of the molecule is CC(CNC(=O)N1CCC2(C=Cc3ccccc32)CC1)n1ccnc1. The number of likely N-dealkylation sites (tertiary alicyclic amines) is 1. The smallest absolute Gasteiger partial charge is 0.317 e. The Bertz CT molecular complexity index is 773. The molecule has 1 spiro atoms. The molecule has 5 nitrogen and oxygen atoms in total. The van der Waals surface area contributed by atoms with Crippen LogP contribution in [0, 0.1) is 0 Å². The number of hydrogen-bond acceptors (Lipinski definition) is 2. The molecule has 5 heteroatoms. The van der Waals surface area contributed by atoms with Crippen molar-refractivity contribution in [2.75, 3.05) is 19.6 Å². The molecule has 2 amide bonds. The molecule has 25 heavy (non-hydrogen) atoms. The lowest BCUT2D eigenvalue weighted by Gasteiger charge is -2.39. The van der Waals surface area contributed by atoms with Crippen LogP contribution in [0.25, 0.3) is 6.08 Å². The average molecular weight is 336 g/mol. The second-order valence-corrected chi connectivity index (χ2v) is 7.11. The maximum absolute atomic E-state index is 12.5. The third-order valence-corrected chi connectivity index (χ3v) is 5.60. The molecule has 1 saturated heterocycles. The van der Waals surface area contributed by atoms with Crippen molar-refractivity contribution in [1.82, 2.24) is 19.8 Å². The van der Waals surface area contributed by atoms with Gasteiger partial charge in [0.1, 0.15) is 0 Å². The van der Waals surface area contributed by atoms with Gasteiger partial charge in [0.05, 0.1) is 6.33 Å². The minimum atomic E-state index is 0.0390. The number of amides is 2. The molecule has 0 radical (unpaired) electrons. The summed E-state index contributed by atoms with van der Waals surface area (Å²) in [5, 5.41) is 3.06. The van der Waals surface area contributed by atoms with Gasteiger partial charge in [-0.2, -0.15) is 0 Å². The first-order chi connectivity index (χ1) is 12.2. The van der Waals surface area contributed by atoms with Crippen LogP contribution in [0.2, 0.25) is 0 Å². The number of nitrogens with zero attached hydrogens (tertiary/aromatic N) is 3. The lowest BCUT2D eigenvalue weighted by Crippen LogP contribution is -2.48. The van der Waals surface area contributed by atoms with Crippen LogP contribution in [-0.4, -0.2) is 40.1 Å². The molecule has 0 saturated carbocycles. The van der Waals surface area contributed by atoms with Crippen molar-refractivity contribution >= 4 is 12.1 Å². The predicted molar refractivity (Wildman–Crippen MR) is 98.3 cm³/mol. The summed E-state index contributed by atoms with van der Waals surface area (Å²) in [5.41, 5.74) is 2.87. The number of urea groups is 1. The lowest BCUT2D eigenvalue weighted by atomic mass is 9.74. The Morgan fingerprint density at radius 3 is 2.88 bits per heavy atom. The summed E-state index contributed by atoms with van der Waals surface area (Å²) in [6.07, 6.45) is 12.0. The number of piperidine rings is 1. The Labute approximate surface area is 148 Å². The van der Waals surface area contributed by atoms with E-state index in [1.807, 2.05) is 15.7 Å². The first-order valence-corrected chi connectivity index (χ1v) is 8.97. The fourth-order valence-electron chi connectivity index (χ4n) is 3.96. The standard InChI is InChI=1S/C20H24N4O/c1-16(24-13-10-21-15-24)14-22-19(25)23-11-8-20(9-12-23)7-6-17-4-2-3-5-18(17)20/h2-7,10,13,15-16H,8-9,11-12,14H2,1H3,(H,22,25). The molecular weight excluding hydrogens is 312 g/mol. The number of benzene rings is 1. The van der Waals surface area contributed by atoms with Crippen LogP contribution in [0.3, 0.4) is 0 Å². The zero-order valence-corrected chi connectivity index (χ0v) is 14.6. The maximum atomic E-state index is 12.5. The summed E-state index contributed by atoms with van der Waals surface area (Å²) in [6, 6.07) is 8.86. The second kappa shape index (κ2) is 6.39. The average Bonchev–Trinajstić information content (AvgIpc) is 3.30. The van der Waals surface area contributed by atoms with Crippen molar-refractivity contribution < 1.29 is 4.79 Å². The van der Waals surface area contributed by atoms with Crippen molar-refractivity contribution in [3.8, 4) is 0 Å². The Kier molecular flexibility index (Phi) is 4.07. The molecule has 1 atom stereocenters. The Morgan fingerprint density at radius 2 is 2.12 bits per heavy atom. The molecule has 4 rings (SSSR count). The number of aromatic nitrogens is 2. The van der Waals surface area contributed by atoms with Gasteiger partial charge >= 0.3 is 6.03 Å². The molecule has 2 aliphatic rings. The van der Waals surface area contributed by atoms with Crippen LogP contribution in [0.1, 0.15) is 36.9 Å². The highest BCUT2D eigenvalue weighted by molar-refractivity contribution is 5.74. The topological polar surface area (TPSA) is 50.2 Å². The van der Waals surface area contributed by atoms with E-state index in [2.05, 4.69) is 53.6 Å². The summed E-state index contributed by atoms with van der Waals surface area (Å²) in [7, 11) is 0. The Balaban J connectivity index is 1.33. The van der Waals surface area contributed by atoms with Gasteiger partial charge in [-0.1, -0.05) is 36.4 Å². The number of carbonyl (C=O) groups excluding carboxylic acids is 1. The van der Waals surface area contributed by atoms with E-state index < -0.39 is 0 Å². The van der Waals surface area contributed by atoms with Crippen molar-refractivity contribution in [3.63, 3.8) is 0 Å². The van der Waals surface area contributed by atoms with Gasteiger partial charge in [-0.3, -0.25) is 0 Å². The highest BCUT2D eigenvalue weighted by atomic mass is 16.2. The van der Waals surface area contributed by atoms with E-state index in [1.54, 1.807) is 12.5 Å². The number of rotatable bonds is 3. The van der Waals surface area contributed by atoms with Gasteiger partial charge in [-0.15, -0.1) is 0 Å². The van der Waals surface area contributed by atoms with Gasteiger partial charge in [0.2, 0.25) is 0 Å². The van der Waals surface area contributed by atoms with Gasteiger partial charge in [0.25, 0.3) is 0 Å². The van der Waals surface area contributed by atoms with Gasteiger partial charge in [-0.25, -0.2) is 9.78 Å². The highest BCUT2D eigenvalue weighted by Gasteiger charge is 2.38. The summed E-state index contributed by atoms with van der Waals surface area (Å²) in [6.45, 7) is 4.28.